The maximum Gasteiger partial charge on any atom is 0.311 e. The molecule has 1 saturated heterocycles. The molecule has 6 heteroatoms. The minimum Gasteiger partial charge on any atom is -0.481 e. The lowest BCUT2D eigenvalue weighted by atomic mass is 10.0. The van der Waals surface area contributed by atoms with Gasteiger partial charge in [-0.05, 0) is 26.3 Å². The first-order valence-electron chi connectivity index (χ1n) is 6.92. The molecule has 2 atom stereocenters. The molecule has 1 aromatic heterocycles. The van der Waals surface area contributed by atoms with E-state index in [1.165, 1.54) is 0 Å². The molecule has 1 aliphatic heterocycles. The van der Waals surface area contributed by atoms with Crippen molar-refractivity contribution < 1.29 is 14.6 Å². The number of aliphatic carboxylic acids is 1. The highest BCUT2D eigenvalue weighted by Gasteiger charge is 2.38. The van der Waals surface area contributed by atoms with Crippen molar-refractivity contribution in [3.05, 3.63) is 17.5 Å². The fraction of sp³-hybridized carbons (Fsp3) is 0.643. The predicted octanol–water partition coefficient (Wildman–Crippen LogP) is 1.41. The lowest BCUT2D eigenvalue weighted by Crippen LogP contribution is -2.44. The molecule has 2 rings (SSSR count). The van der Waals surface area contributed by atoms with Crippen LogP contribution in [-0.2, 0) is 9.53 Å². The maximum atomic E-state index is 11.3. The number of anilines is 1. The average molecular weight is 279 g/mol. The third-order valence-electron chi connectivity index (χ3n) is 3.46. The lowest BCUT2D eigenvalue weighted by molar-refractivity contribution is -0.142. The summed E-state index contributed by atoms with van der Waals surface area (Å²) in [4.78, 5) is 22.2. The summed E-state index contributed by atoms with van der Waals surface area (Å²) >= 11 is 0. The van der Waals surface area contributed by atoms with Gasteiger partial charge in [0, 0.05) is 17.9 Å². The van der Waals surface area contributed by atoms with Crippen LogP contribution in [0.25, 0.3) is 0 Å². The largest absolute Gasteiger partial charge is 0.481 e. The van der Waals surface area contributed by atoms with Crippen LogP contribution in [0, 0.1) is 19.8 Å². The van der Waals surface area contributed by atoms with Crippen molar-refractivity contribution in [1.82, 2.24) is 9.97 Å². The fourth-order valence-corrected chi connectivity index (χ4v) is 2.58. The Morgan fingerprint density at radius 2 is 2.05 bits per heavy atom. The topological polar surface area (TPSA) is 75.5 Å². The van der Waals surface area contributed by atoms with Crippen LogP contribution in [0.1, 0.15) is 24.7 Å². The highest BCUT2D eigenvalue weighted by molar-refractivity contribution is 5.72. The van der Waals surface area contributed by atoms with E-state index in [1.807, 2.05) is 24.8 Å². The van der Waals surface area contributed by atoms with Gasteiger partial charge in [-0.1, -0.05) is 6.92 Å². The van der Waals surface area contributed by atoms with E-state index in [-0.39, 0.29) is 12.6 Å². The molecule has 6 nitrogen and oxygen atoms in total. The van der Waals surface area contributed by atoms with Crippen LogP contribution in [0.4, 0.5) is 5.95 Å². The number of hydrogen-bond donors (Lipinski definition) is 1. The van der Waals surface area contributed by atoms with E-state index in [4.69, 9.17) is 4.74 Å². The number of hydrogen-bond acceptors (Lipinski definition) is 5. The summed E-state index contributed by atoms with van der Waals surface area (Å²) in [5.41, 5.74) is 1.78. The molecular formula is C14H21N3O3. The Labute approximate surface area is 118 Å². The molecule has 0 saturated carbocycles. The van der Waals surface area contributed by atoms with Gasteiger partial charge >= 0.3 is 5.97 Å². The molecule has 0 aromatic carbocycles. The second-order valence-corrected chi connectivity index (χ2v) is 5.19. The zero-order valence-corrected chi connectivity index (χ0v) is 12.2. The van der Waals surface area contributed by atoms with Gasteiger partial charge in [0.1, 0.15) is 5.92 Å². The molecule has 0 amide bonds. The van der Waals surface area contributed by atoms with Crippen molar-refractivity contribution in [2.45, 2.75) is 33.2 Å². The Morgan fingerprint density at radius 1 is 1.40 bits per heavy atom. The van der Waals surface area contributed by atoms with Crippen LogP contribution < -0.4 is 4.90 Å². The molecule has 2 unspecified atom stereocenters. The second kappa shape index (κ2) is 6.17. The molecule has 0 spiro atoms. The van der Waals surface area contributed by atoms with Crippen molar-refractivity contribution in [2.75, 3.05) is 24.7 Å². The van der Waals surface area contributed by atoms with E-state index in [2.05, 4.69) is 16.9 Å². The fourth-order valence-electron chi connectivity index (χ4n) is 2.58. The Morgan fingerprint density at radius 3 is 2.60 bits per heavy atom. The molecule has 0 aliphatic carbocycles. The molecular weight excluding hydrogens is 258 g/mol. The number of nitrogens with zero attached hydrogens (tertiary/aromatic N) is 3. The van der Waals surface area contributed by atoms with Crippen molar-refractivity contribution in [1.29, 1.82) is 0 Å². The third-order valence-corrected chi connectivity index (χ3v) is 3.46. The normalized spacial score (nSPS) is 21.9. The summed E-state index contributed by atoms with van der Waals surface area (Å²) < 4.78 is 5.36. The maximum absolute atomic E-state index is 11.3. The Balaban J connectivity index is 2.32. The molecule has 0 bridgehead atoms. The Kier molecular flexibility index (Phi) is 4.54. The van der Waals surface area contributed by atoms with Crippen LogP contribution in [-0.4, -0.2) is 46.8 Å². The van der Waals surface area contributed by atoms with Crippen molar-refractivity contribution >= 4 is 11.9 Å². The average Bonchev–Trinajstić information content (AvgIpc) is 2.83. The first kappa shape index (κ1) is 14.7. The summed E-state index contributed by atoms with van der Waals surface area (Å²) in [5, 5.41) is 9.31. The molecule has 2 heterocycles. The van der Waals surface area contributed by atoms with Crippen LogP contribution in [0.5, 0.6) is 0 Å². The van der Waals surface area contributed by atoms with Gasteiger partial charge in [-0.3, -0.25) is 4.79 Å². The van der Waals surface area contributed by atoms with Crippen molar-refractivity contribution in [3.63, 3.8) is 0 Å². The van der Waals surface area contributed by atoms with Crippen molar-refractivity contribution in [3.8, 4) is 0 Å². The summed E-state index contributed by atoms with van der Waals surface area (Å²) in [6, 6.07) is 1.71. The van der Waals surface area contributed by atoms with Crippen LogP contribution in [0.15, 0.2) is 6.07 Å². The quantitative estimate of drug-likeness (QED) is 0.878. The van der Waals surface area contributed by atoms with Gasteiger partial charge in [-0.25, -0.2) is 9.97 Å². The van der Waals surface area contributed by atoms with E-state index in [9.17, 15) is 9.90 Å². The van der Waals surface area contributed by atoms with Crippen molar-refractivity contribution in [2.24, 2.45) is 5.92 Å². The zero-order valence-electron chi connectivity index (χ0n) is 12.2. The second-order valence-electron chi connectivity index (χ2n) is 5.19. The standard InChI is InChI=1S/C14H21N3O3/c1-4-5-17(12-8-20-7-11(12)13(18)19)14-15-9(2)6-10(3)16-14/h6,11-12H,4-5,7-8H2,1-3H3,(H,18,19). The monoisotopic (exact) mass is 279 g/mol. The molecule has 1 aliphatic rings. The molecule has 20 heavy (non-hydrogen) atoms. The molecule has 0 radical (unpaired) electrons. The zero-order chi connectivity index (χ0) is 14.7. The summed E-state index contributed by atoms with van der Waals surface area (Å²) in [5.74, 6) is -0.741. The van der Waals surface area contributed by atoms with E-state index in [1.54, 1.807) is 0 Å². The molecule has 1 aromatic rings. The number of rotatable bonds is 5. The molecule has 1 N–H and O–H groups in total. The minimum absolute atomic E-state index is 0.200. The molecule has 1 fully saturated rings. The number of carboxylic acids is 1. The van der Waals surface area contributed by atoms with Crippen LogP contribution in [0.3, 0.4) is 0 Å². The number of aryl methyl sites for hydroxylation is 2. The van der Waals surface area contributed by atoms with Gasteiger partial charge in [-0.2, -0.15) is 0 Å². The van der Waals surface area contributed by atoms with Gasteiger partial charge in [0.05, 0.1) is 19.3 Å². The van der Waals surface area contributed by atoms with Gasteiger partial charge in [-0.15, -0.1) is 0 Å². The summed E-state index contributed by atoms with van der Waals surface area (Å²) in [6.45, 7) is 7.28. The van der Waals surface area contributed by atoms with Gasteiger partial charge in [0.2, 0.25) is 5.95 Å². The van der Waals surface area contributed by atoms with Gasteiger partial charge in [0.25, 0.3) is 0 Å². The minimum atomic E-state index is -0.821. The predicted molar refractivity (Wildman–Crippen MR) is 74.9 cm³/mol. The SMILES string of the molecule is CCCN(c1nc(C)cc(C)n1)C1COCC1C(=O)O. The van der Waals surface area contributed by atoms with E-state index in [0.717, 1.165) is 24.4 Å². The lowest BCUT2D eigenvalue weighted by Gasteiger charge is -2.30. The molecule has 110 valence electrons. The number of aromatic nitrogens is 2. The number of carboxylic acid groups (broad SMARTS) is 1. The van der Waals surface area contributed by atoms with E-state index in [0.29, 0.717) is 12.6 Å². The summed E-state index contributed by atoms with van der Waals surface area (Å²) in [6.07, 6.45) is 0.902. The summed E-state index contributed by atoms with van der Waals surface area (Å²) in [7, 11) is 0. The van der Waals surface area contributed by atoms with Gasteiger partial charge < -0.3 is 14.7 Å². The smallest absolute Gasteiger partial charge is 0.311 e. The van der Waals surface area contributed by atoms with E-state index >= 15 is 0 Å². The number of ether oxygens (including phenoxy) is 1. The highest BCUT2D eigenvalue weighted by atomic mass is 16.5. The Hall–Kier alpha value is -1.69. The Bertz CT molecular complexity index is 472. The highest BCUT2D eigenvalue weighted by Crippen LogP contribution is 2.24. The first-order valence-corrected chi connectivity index (χ1v) is 6.92. The first-order chi connectivity index (χ1) is 9.52. The van der Waals surface area contributed by atoms with E-state index < -0.39 is 11.9 Å². The van der Waals surface area contributed by atoms with Gasteiger partial charge in [0.15, 0.2) is 0 Å². The van der Waals surface area contributed by atoms with Crippen LogP contribution >= 0.6 is 0 Å². The van der Waals surface area contributed by atoms with Crippen LogP contribution in [0.2, 0.25) is 0 Å². The third kappa shape index (κ3) is 3.07. The number of carbonyl (C=O) groups is 1.